The van der Waals surface area contributed by atoms with Crippen LogP contribution in [-0.2, 0) is 4.74 Å². The van der Waals surface area contributed by atoms with E-state index < -0.39 is 10.9 Å². The van der Waals surface area contributed by atoms with E-state index >= 15 is 0 Å². The molecule has 1 aromatic rings. The van der Waals surface area contributed by atoms with Crippen LogP contribution in [0.25, 0.3) is 0 Å². The van der Waals surface area contributed by atoms with Crippen LogP contribution < -0.4 is 5.73 Å². The summed E-state index contributed by atoms with van der Waals surface area (Å²) in [5.41, 5.74) is 6.99. The van der Waals surface area contributed by atoms with E-state index in [2.05, 4.69) is 0 Å². The number of nitrogen functional groups attached to an aromatic ring is 1. The summed E-state index contributed by atoms with van der Waals surface area (Å²) < 4.78 is 4.97. The van der Waals surface area contributed by atoms with Gasteiger partial charge in [0.1, 0.15) is 0 Å². The van der Waals surface area contributed by atoms with Crippen molar-refractivity contribution >= 4 is 17.3 Å². The number of rotatable bonds is 4. The maximum absolute atomic E-state index is 12.0. The Bertz CT molecular complexity index is 524. The molecule has 0 bridgehead atoms. The molecular weight excluding hydrogens is 248 g/mol. The van der Waals surface area contributed by atoms with Crippen LogP contribution in [0.1, 0.15) is 48.2 Å². The van der Waals surface area contributed by atoms with Crippen LogP contribution >= 0.6 is 0 Å². The van der Waals surface area contributed by atoms with E-state index in [0.717, 1.165) is 0 Å². The van der Waals surface area contributed by atoms with E-state index in [1.807, 2.05) is 13.8 Å². The molecule has 0 amide bonds. The minimum absolute atomic E-state index is 0.0685. The summed E-state index contributed by atoms with van der Waals surface area (Å²) in [6.07, 6.45) is 0. The van der Waals surface area contributed by atoms with E-state index in [1.54, 1.807) is 6.92 Å². The van der Waals surface area contributed by atoms with Crippen molar-refractivity contribution in [2.24, 2.45) is 0 Å². The zero-order chi connectivity index (χ0) is 14.7. The second-order valence-electron chi connectivity index (χ2n) is 4.53. The van der Waals surface area contributed by atoms with Gasteiger partial charge in [-0.05, 0) is 25.3 Å². The van der Waals surface area contributed by atoms with Crippen molar-refractivity contribution in [1.29, 1.82) is 0 Å². The van der Waals surface area contributed by atoms with Gasteiger partial charge in [0.25, 0.3) is 5.69 Å². The summed E-state index contributed by atoms with van der Waals surface area (Å²) in [7, 11) is 0. The standard InChI is InChI=1S/C13H18N2O4/c1-5-19-13(16)11-9(7(2)3)6-10(15(17)18)8(4)12(11)14/h6-7H,5,14H2,1-4H3. The third-order valence-corrected chi connectivity index (χ3v) is 2.94. The number of hydrogen-bond acceptors (Lipinski definition) is 5. The molecule has 0 atom stereocenters. The molecule has 6 nitrogen and oxygen atoms in total. The van der Waals surface area contributed by atoms with Gasteiger partial charge in [-0.15, -0.1) is 0 Å². The van der Waals surface area contributed by atoms with Crippen molar-refractivity contribution in [1.82, 2.24) is 0 Å². The average molecular weight is 266 g/mol. The van der Waals surface area contributed by atoms with Gasteiger partial charge in [0, 0.05) is 6.07 Å². The van der Waals surface area contributed by atoms with Gasteiger partial charge in [-0.2, -0.15) is 0 Å². The number of nitro benzene ring substituents is 1. The van der Waals surface area contributed by atoms with Crippen molar-refractivity contribution in [3.05, 3.63) is 32.9 Å². The lowest BCUT2D eigenvalue weighted by atomic mass is 9.92. The van der Waals surface area contributed by atoms with Crippen LogP contribution in [0.4, 0.5) is 11.4 Å². The molecule has 0 radical (unpaired) electrons. The Kier molecular flexibility index (Phi) is 4.47. The van der Waals surface area contributed by atoms with Crippen LogP contribution in [0.15, 0.2) is 6.07 Å². The predicted octanol–water partition coefficient (Wildman–Crippen LogP) is 2.79. The number of nitrogens with zero attached hydrogens (tertiary/aromatic N) is 1. The van der Waals surface area contributed by atoms with Crippen LogP contribution in [0.3, 0.4) is 0 Å². The van der Waals surface area contributed by atoms with Crippen molar-refractivity contribution in [3.8, 4) is 0 Å². The highest BCUT2D eigenvalue weighted by molar-refractivity contribution is 5.98. The highest BCUT2D eigenvalue weighted by Gasteiger charge is 2.26. The van der Waals surface area contributed by atoms with Crippen molar-refractivity contribution in [2.45, 2.75) is 33.6 Å². The van der Waals surface area contributed by atoms with E-state index in [4.69, 9.17) is 10.5 Å². The molecule has 0 aliphatic carbocycles. The van der Waals surface area contributed by atoms with Crippen LogP contribution in [0, 0.1) is 17.0 Å². The maximum Gasteiger partial charge on any atom is 0.340 e. The summed E-state index contributed by atoms with van der Waals surface area (Å²) in [5, 5.41) is 11.0. The Labute approximate surface area is 111 Å². The molecule has 0 aliphatic rings. The van der Waals surface area contributed by atoms with E-state index in [-0.39, 0.29) is 35.0 Å². The number of ether oxygens (including phenoxy) is 1. The van der Waals surface area contributed by atoms with Gasteiger partial charge < -0.3 is 10.5 Å². The molecule has 1 rings (SSSR count). The second kappa shape index (κ2) is 5.69. The fraction of sp³-hybridized carbons (Fsp3) is 0.462. The third kappa shape index (κ3) is 2.83. The normalized spacial score (nSPS) is 10.6. The lowest BCUT2D eigenvalue weighted by molar-refractivity contribution is -0.385. The summed E-state index contributed by atoms with van der Waals surface area (Å²) in [6, 6.07) is 1.41. The first kappa shape index (κ1) is 14.9. The van der Waals surface area contributed by atoms with Crippen LogP contribution in [0.5, 0.6) is 0 Å². The SMILES string of the molecule is CCOC(=O)c1c(C(C)C)cc([N+](=O)[O-])c(C)c1N. The Hall–Kier alpha value is -2.11. The van der Waals surface area contributed by atoms with Gasteiger partial charge in [0.15, 0.2) is 0 Å². The van der Waals surface area contributed by atoms with Crippen molar-refractivity contribution in [3.63, 3.8) is 0 Å². The second-order valence-corrected chi connectivity index (χ2v) is 4.53. The number of hydrogen-bond donors (Lipinski definition) is 1. The zero-order valence-corrected chi connectivity index (χ0v) is 11.5. The van der Waals surface area contributed by atoms with Gasteiger partial charge in [0.2, 0.25) is 0 Å². The largest absolute Gasteiger partial charge is 0.462 e. The Morgan fingerprint density at radius 2 is 2.11 bits per heavy atom. The summed E-state index contributed by atoms with van der Waals surface area (Å²) in [6.45, 7) is 7.14. The lowest BCUT2D eigenvalue weighted by Gasteiger charge is -2.16. The summed E-state index contributed by atoms with van der Waals surface area (Å²) >= 11 is 0. The number of nitro groups is 1. The Balaban J connectivity index is 3.57. The van der Waals surface area contributed by atoms with Gasteiger partial charge in [-0.25, -0.2) is 4.79 Å². The first-order valence-corrected chi connectivity index (χ1v) is 6.05. The van der Waals surface area contributed by atoms with Gasteiger partial charge in [-0.1, -0.05) is 13.8 Å². The fourth-order valence-electron chi connectivity index (χ4n) is 1.88. The number of esters is 1. The Morgan fingerprint density at radius 3 is 2.53 bits per heavy atom. The van der Waals surface area contributed by atoms with Gasteiger partial charge in [0.05, 0.1) is 28.3 Å². The number of anilines is 1. The minimum Gasteiger partial charge on any atom is -0.462 e. The number of benzene rings is 1. The molecular formula is C13H18N2O4. The molecule has 2 N–H and O–H groups in total. The predicted molar refractivity (Wildman–Crippen MR) is 72.3 cm³/mol. The molecule has 0 unspecified atom stereocenters. The molecule has 19 heavy (non-hydrogen) atoms. The highest BCUT2D eigenvalue weighted by Crippen LogP contribution is 2.34. The molecule has 0 heterocycles. The molecule has 0 spiro atoms. The molecule has 0 aromatic heterocycles. The monoisotopic (exact) mass is 266 g/mol. The van der Waals surface area contributed by atoms with Gasteiger partial charge >= 0.3 is 5.97 Å². The molecule has 0 fully saturated rings. The molecule has 1 aromatic carbocycles. The smallest absolute Gasteiger partial charge is 0.340 e. The van der Waals surface area contributed by atoms with E-state index in [9.17, 15) is 14.9 Å². The van der Waals surface area contributed by atoms with Gasteiger partial charge in [-0.3, -0.25) is 10.1 Å². The minimum atomic E-state index is -0.540. The molecule has 0 aliphatic heterocycles. The maximum atomic E-state index is 12.0. The fourth-order valence-corrected chi connectivity index (χ4v) is 1.88. The highest BCUT2D eigenvalue weighted by atomic mass is 16.6. The number of nitrogens with two attached hydrogens (primary N) is 1. The van der Waals surface area contributed by atoms with Crippen molar-refractivity contribution < 1.29 is 14.5 Å². The topological polar surface area (TPSA) is 95.5 Å². The van der Waals surface area contributed by atoms with Crippen molar-refractivity contribution in [2.75, 3.05) is 12.3 Å². The lowest BCUT2D eigenvalue weighted by Crippen LogP contribution is -2.14. The zero-order valence-electron chi connectivity index (χ0n) is 11.5. The third-order valence-electron chi connectivity index (χ3n) is 2.94. The average Bonchev–Trinajstić information content (AvgIpc) is 2.31. The molecule has 0 saturated heterocycles. The number of carbonyl (C=O) groups is 1. The first-order chi connectivity index (χ1) is 8.81. The quantitative estimate of drug-likeness (QED) is 0.391. The van der Waals surface area contributed by atoms with E-state index in [1.165, 1.54) is 13.0 Å². The molecule has 104 valence electrons. The first-order valence-electron chi connectivity index (χ1n) is 6.05. The molecule has 6 heteroatoms. The summed E-state index contributed by atoms with van der Waals surface area (Å²) in [5.74, 6) is -0.609. The number of carbonyl (C=O) groups excluding carboxylic acids is 1. The summed E-state index contributed by atoms with van der Waals surface area (Å²) in [4.78, 5) is 22.4. The van der Waals surface area contributed by atoms with Crippen LogP contribution in [0.2, 0.25) is 0 Å². The van der Waals surface area contributed by atoms with E-state index in [0.29, 0.717) is 5.56 Å². The van der Waals surface area contributed by atoms with Crippen LogP contribution in [-0.4, -0.2) is 17.5 Å². The Morgan fingerprint density at radius 1 is 1.53 bits per heavy atom. The molecule has 0 saturated carbocycles.